The van der Waals surface area contributed by atoms with Crippen LogP contribution in [0.5, 0.6) is 0 Å². The van der Waals surface area contributed by atoms with Crippen LogP contribution in [0.1, 0.15) is 16.6 Å². The number of rotatable bonds is 2. The molecule has 0 N–H and O–H groups in total. The minimum absolute atomic E-state index is 0.313. The molecule has 72 valence electrons. The maximum absolute atomic E-state index is 6.16. The summed E-state index contributed by atoms with van der Waals surface area (Å²) < 4.78 is 4.72. The summed E-state index contributed by atoms with van der Waals surface area (Å²) in [5.41, 5.74) is 1.60. The van der Waals surface area contributed by atoms with E-state index in [1.165, 1.54) is 6.26 Å². The molecule has 1 unspecified atom stereocenters. The van der Waals surface area contributed by atoms with Gasteiger partial charge in [-0.05, 0) is 17.7 Å². The van der Waals surface area contributed by atoms with E-state index in [4.69, 9.17) is 27.7 Å². The van der Waals surface area contributed by atoms with Crippen molar-refractivity contribution in [3.63, 3.8) is 0 Å². The summed E-state index contributed by atoms with van der Waals surface area (Å²) in [7, 11) is 0. The minimum atomic E-state index is -0.313. The Kier molecular flexibility index (Phi) is 2.75. The van der Waals surface area contributed by atoms with E-state index < -0.39 is 0 Å². The Hall–Kier alpha value is -0.990. The number of alkyl halides is 1. The van der Waals surface area contributed by atoms with Gasteiger partial charge in [-0.15, -0.1) is 11.6 Å². The first-order valence-electron chi connectivity index (χ1n) is 4.07. The molecule has 14 heavy (non-hydrogen) atoms. The number of hydrogen-bond donors (Lipinski definition) is 0. The summed E-state index contributed by atoms with van der Waals surface area (Å²) >= 11 is 12.0. The summed E-state index contributed by atoms with van der Waals surface area (Å²) in [6.45, 7) is 0. The van der Waals surface area contributed by atoms with Crippen LogP contribution in [-0.4, -0.2) is 5.16 Å². The average Bonchev–Trinajstić information content (AvgIpc) is 2.69. The van der Waals surface area contributed by atoms with Crippen molar-refractivity contribution in [3.8, 4) is 0 Å². The molecule has 0 bridgehead atoms. The zero-order chi connectivity index (χ0) is 9.97. The third-order valence-corrected chi connectivity index (χ3v) is 2.57. The average molecular weight is 228 g/mol. The van der Waals surface area contributed by atoms with Crippen LogP contribution >= 0.6 is 23.2 Å². The third-order valence-electron chi connectivity index (χ3n) is 1.86. The van der Waals surface area contributed by atoms with Crippen LogP contribution in [0.2, 0.25) is 5.02 Å². The highest BCUT2D eigenvalue weighted by Crippen LogP contribution is 2.28. The highest BCUT2D eigenvalue weighted by atomic mass is 35.5. The zero-order valence-corrected chi connectivity index (χ0v) is 8.66. The van der Waals surface area contributed by atoms with E-state index in [0.717, 1.165) is 5.56 Å². The highest BCUT2D eigenvalue weighted by Gasteiger charge is 2.13. The van der Waals surface area contributed by atoms with Crippen LogP contribution < -0.4 is 0 Å². The van der Waals surface area contributed by atoms with Crippen LogP contribution in [0.3, 0.4) is 0 Å². The van der Waals surface area contributed by atoms with E-state index in [1.54, 1.807) is 12.1 Å². The molecule has 2 nitrogen and oxygen atoms in total. The smallest absolute Gasteiger partial charge is 0.124 e. The van der Waals surface area contributed by atoms with Gasteiger partial charge < -0.3 is 4.52 Å². The van der Waals surface area contributed by atoms with E-state index in [9.17, 15) is 0 Å². The lowest BCUT2D eigenvalue weighted by Crippen LogP contribution is -1.92. The van der Waals surface area contributed by atoms with Crippen LogP contribution in [0.25, 0.3) is 0 Å². The number of hydrogen-bond acceptors (Lipinski definition) is 2. The molecule has 1 aromatic carbocycles. The van der Waals surface area contributed by atoms with Gasteiger partial charge in [0.2, 0.25) is 0 Å². The van der Waals surface area contributed by atoms with Crippen molar-refractivity contribution in [2.45, 2.75) is 5.38 Å². The van der Waals surface area contributed by atoms with Gasteiger partial charge in [0.25, 0.3) is 0 Å². The summed E-state index contributed by atoms with van der Waals surface area (Å²) in [5.74, 6) is 0. The monoisotopic (exact) mass is 227 g/mol. The third kappa shape index (κ3) is 1.91. The van der Waals surface area contributed by atoms with Crippen LogP contribution in [0.4, 0.5) is 0 Å². The Balaban J connectivity index is 2.32. The summed E-state index contributed by atoms with van der Waals surface area (Å²) in [6.07, 6.45) is 1.50. The van der Waals surface area contributed by atoms with Crippen LogP contribution in [0.15, 0.2) is 41.1 Å². The Bertz CT molecular complexity index is 414. The Morgan fingerprint density at radius 2 is 2.14 bits per heavy atom. The molecule has 0 aliphatic heterocycles. The molecule has 1 heterocycles. The molecule has 0 radical (unpaired) electrons. The number of aromatic nitrogens is 1. The zero-order valence-electron chi connectivity index (χ0n) is 7.15. The quantitative estimate of drug-likeness (QED) is 0.733. The molecule has 0 spiro atoms. The lowest BCUT2D eigenvalue weighted by atomic mass is 10.1. The second kappa shape index (κ2) is 4.03. The van der Waals surface area contributed by atoms with E-state index in [-0.39, 0.29) is 5.38 Å². The molecule has 0 saturated carbocycles. The van der Waals surface area contributed by atoms with Gasteiger partial charge >= 0.3 is 0 Å². The standard InChI is InChI=1S/C10H7Cl2NO/c11-8-3-1-2-7(6-8)10(12)9-4-5-14-13-9/h1-6,10H. The van der Waals surface area contributed by atoms with Crippen molar-refractivity contribution < 1.29 is 4.52 Å². The van der Waals surface area contributed by atoms with Crippen molar-refractivity contribution in [2.75, 3.05) is 0 Å². The molecule has 0 aliphatic rings. The fourth-order valence-electron chi connectivity index (χ4n) is 1.19. The molecule has 4 heteroatoms. The van der Waals surface area contributed by atoms with Gasteiger partial charge in [0.15, 0.2) is 0 Å². The van der Waals surface area contributed by atoms with Gasteiger partial charge in [0, 0.05) is 11.1 Å². The van der Waals surface area contributed by atoms with Crippen LogP contribution in [0, 0.1) is 0 Å². The Labute approximate surface area is 91.4 Å². The molecule has 0 saturated heterocycles. The van der Waals surface area contributed by atoms with E-state index in [2.05, 4.69) is 5.16 Å². The summed E-state index contributed by atoms with van der Waals surface area (Å²) in [5, 5.41) is 4.12. The predicted molar refractivity (Wildman–Crippen MR) is 55.7 cm³/mol. The van der Waals surface area contributed by atoms with Gasteiger partial charge in [-0.2, -0.15) is 0 Å². The first-order valence-corrected chi connectivity index (χ1v) is 4.88. The number of benzene rings is 1. The fourth-order valence-corrected chi connectivity index (χ4v) is 1.63. The molecule has 2 aromatic rings. The van der Waals surface area contributed by atoms with Crippen molar-refractivity contribution in [1.82, 2.24) is 5.16 Å². The van der Waals surface area contributed by atoms with Gasteiger partial charge in [-0.3, -0.25) is 0 Å². The SMILES string of the molecule is Clc1cccc(C(Cl)c2ccon2)c1. The first-order chi connectivity index (χ1) is 6.77. The molecular weight excluding hydrogens is 221 g/mol. The molecule has 2 rings (SSSR count). The topological polar surface area (TPSA) is 26.0 Å². The minimum Gasteiger partial charge on any atom is -0.364 e. The maximum atomic E-state index is 6.16. The van der Waals surface area contributed by atoms with Crippen molar-refractivity contribution in [2.24, 2.45) is 0 Å². The van der Waals surface area contributed by atoms with Crippen molar-refractivity contribution in [1.29, 1.82) is 0 Å². The number of nitrogens with zero attached hydrogens (tertiary/aromatic N) is 1. The molecule has 0 amide bonds. The molecule has 1 atom stereocenters. The van der Waals surface area contributed by atoms with Crippen LogP contribution in [-0.2, 0) is 0 Å². The molecule has 0 fully saturated rings. The highest BCUT2D eigenvalue weighted by molar-refractivity contribution is 6.30. The van der Waals surface area contributed by atoms with E-state index in [1.807, 2.05) is 18.2 Å². The van der Waals surface area contributed by atoms with Crippen molar-refractivity contribution >= 4 is 23.2 Å². The molecule has 0 aliphatic carbocycles. The summed E-state index contributed by atoms with van der Waals surface area (Å²) in [4.78, 5) is 0. The van der Waals surface area contributed by atoms with E-state index in [0.29, 0.717) is 10.7 Å². The molecular formula is C10H7Cl2NO. The van der Waals surface area contributed by atoms with E-state index >= 15 is 0 Å². The lowest BCUT2D eigenvalue weighted by molar-refractivity contribution is 0.412. The maximum Gasteiger partial charge on any atom is 0.124 e. The number of halogens is 2. The van der Waals surface area contributed by atoms with Gasteiger partial charge in [-0.25, -0.2) is 0 Å². The van der Waals surface area contributed by atoms with Gasteiger partial charge in [-0.1, -0.05) is 28.9 Å². The Morgan fingerprint density at radius 3 is 2.79 bits per heavy atom. The van der Waals surface area contributed by atoms with Crippen molar-refractivity contribution in [3.05, 3.63) is 52.9 Å². The normalized spacial score (nSPS) is 12.7. The molecule has 1 aromatic heterocycles. The second-order valence-corrected chi connectivity index (χ2v) is 3.71. The fraction of sp³-hybridized carbons (Fsp3) is 0.100. The van der Waals surface area contributed by atoms with Gasteiger partial charge in [0.05, 0.1) is 0 Å². The largest absolute Gasteiger partial charge is 0.364 e. The lowest BCUT2D eigenvalue weighted by Gasteiger charge is -2.05. The Morgan fingerprint density at radius 1 is 1.29 bits per heavy atom. The predicted octanol–water partition coefficient (Wildman–Crippen LogP) is 3.66. The first kappa shape index (κ1) is 9.56. The van der Waals surface area contributed by atoms with Gasteiger partial charge in [0.1, 0.15) is 17.3 Å². The second-order valence-electron chi connectivity index (χ2n) is 2.84. The summed E-state index contributed by atoms with van der Waals surface area (Å²) in [6, 6.07) is 9.11.